The Kier molecular flexibility index (Phi) is 7.89. The summed E-state index contributed by atoms with van der Waals surface area (Å²) in [6.07, 6.45) is 0. The van der Waals surface area contributed by atoms with Crippen molar-refractivity contribution in [2.75, 3.05) is 0 Å². The Bertz CT molecular complexity index is 3570. The molecule has 0 aliphatic rings. The predicted octanol–water partition coefficient (Wildman–Crippen LogP) is 15.7. The molecule has 10 aromatic carbocycles. The normalized spacial score (nSPS) is 11.7. The summed E-state index contributed by atoms with van der Waals surface area (Å²) in [4.78, 5) is 0. The molecule has 0 saturated carbocycles. The summed E-state index contributed by atoms with van der Waals surface area (Å²) >= 11 is 0. The fraction of sp³-hybridized carbons (Fsp3) is 0. The molecule has 60 heavy (non-hydrogen) atoms. The average Bonchev–Trinajstić information content (AvgIpc) is 3.84. The lowest BCUT2D eigenvalue weighted by Crippen LogP contribution is -1.94. The highest BCUT2D eigenvalue weighted by molar-refractivity contribution is 6.15. The Balaban J connectivity index is 1.00. The molecular weight excluding hydrogens is 725 g/mol. The third-order valence-electron chi connectivity index (χ3n) is 12.3. The minimum Gasteiger partial charge on any atom is -0.309 e. The first-order valence-corrected chi connectivity index (χ1v) is 20.7. The van der Waals surface area contributed by atoms with Gasteiger partial charge < -0.3 is 9.13 Å². The van der Waals surface area contributed by atoms with Gasteiger partial charge in [-0.2, -0.15) is 0 Å². The highest BCUT2D eigenvalue weighted by Gasteiger charge is 2.18. The number of hydrogen-bond donors (Lipinski definition) is 0. The molecule has 2 heterocycles. The molecule has 12 aromatic rings. The van der Waals surface area contributed by atoms with Gasteiger partial charge in [0.2, 0.25) is 0 Å². The number of benzene rings is 10. The van der Waals surface area contributed by atoms with Crippen LogP contribution >= 0.6 is 0 Å². The van der Waals surface area contributed by atoms with Crippen molar-refractivity contribution < 1.29 is 0 Å². The second-order valence-electron chi connectivity index (χ2n) is 15.7. The van der Waals surface area contributed by atoms with E-state index >= 15 is 0 Å². The molecule has 2 aromatic heterocycles. The fourth-order valence-electron chi connectivity index (χ4n) is 9.55. The summed E-state index contributed by atoms with van der Waals surface area (Å²) in [6, 6.07) is 84.2. The Morgan fingerprint density at radius 1 is 0.233 bits per heavy atom. The van der Waals surface area contributed by atoms with Gasteiger partial charge in [0, 0.05) is 32.9 Å². The van der Waals surface area contributed by atoms with Gasteiger partial charge in [-0.15, -0.1) is 0 Å². The number of fused-ring (bicyclic) bond motifs is 7. The second kappa shape index (κ2) is 13.9. The fourth-order valence-corrected chi connectivity index (χ4v) is 9.55. The van der Waals surface area contributed by atoms with Crippen LogP contribution in [-0.2, 0) is 0 Å². The van der Waals surface area contributed by atoms with Crippen LogP contribution in [0.3, 0.4) is 0 Å². The van der Waals surface area contributed by atoms with Gasteiger partial charge in [0.25, 0.3) is 0 Å². The topological polar surface area (TPSA) is 9.86 Å². The van der Waals surface area contributed by atoms with E-state index in [1.165, 1.54) is 98.9 Å². The first-order valence-electron chi connectivity index (χ1n) is 20.7. The summed E-state index contributed by atoms with van der Waals surface area (Å²) in [5.74, 6) is 0. The van der Waals surface area contributed by atoms with Crippen molar-refractivity contribution in [2.45, 2.75) is 0 Å². The molecule has 0 aliphatic heterocycles. The molecule has 0 fully saturated rings. The molecule has 280 valence electrons. The molecule has 0 spiro atoms. The maximum atomic E-state index is 2.42. The van der Waals surface area contributed by atoms with Crippen LogP contribution in [0.5, 0.6) is 0 Å². The van der Waals surface area contributed by atoms with Crippen LogP contribution in [0.15, 0.2) is 231 Å². The molecule has 2 nitrogen and oxygen atoms in total. The number of hydrogen-bond acceptors (Lipinski definition) is 0. The van der Waals surface area contributed by atoms with Crippen molar-refractivity contribution in [3.05, 3.63) is 231 Å². The molecule has 0 radical (unpaired) electrons. The van der Waals surface area contributed by atoms with Gasteiger partial charge in [0.05, 0.1) is 22.1 Å². The second-order valence-corrected chi connectivity index (χ2v) is 15.7. The number of para-hydroxylation sites is 2. The van der Waals surface area contributed by atoms with E-state index in [2.05, 4.69) is 240 Å². The Morgan fingerprint density at radius 2 is 0.667 bits per heavy atom. The highest BCUT2D eigenvalue weighted by Crippen LogP contribution is 2.42. The summed E-state index contributed by atoms with van der Waals surface area (Å²) < 4.78 is 4.82. The van der Waals surface area contributed by atoms with Gasteiger partial charge in [-0.25, -0.2) is 0 Å². The smallest absolute Gasteiger partial charge is 0.0541 e. The van der Waals surface area contributed by atoms with Crippen LogP contribution in [-0.4, -0.2) is 9.13 Å². The first-order chi connectivity index (χ1) is 29.8. The molecule has 0 amide bonds. The lowest BCUT2D eigenvalue weighted by atomic mass is 9.90. The van der Waals surface area contributed by atoms with Crippen molar-refractivity contribution in [3.63, 3.8) is 0 Å². The quantitative estimate of drug-likeness (QED) is 0.160. The zero-order chi connectivity index (χ0) is 39.6. The van der Waals surface area contributed by atoms with Crippen molar-refractivity contribution >= 4 is 54.4 Å². The zero-order valence-corrected chi connectivity index (χ0v) is 32.8. The maximum absolute atomic E-state index is 2.42. The van der Waals surface area contributed by atoms with Crippen molar-refractivity contribution in [3.8, 4) is 55.9 Å². The molecule has 0 atom stereocenters. The molecule has 0 N–H and O–H groups in total. The maximum Gasteiger partial charge on any atom is 0.0541 e. The average molecular weight is 763 g/mol. The summed E-state index contributed by atoms with van der Waals surface area (Å²) in [5.41, 5.74) is 16.8. The minimum atomic E-state index is 1.15. The van der Waals surface area contributed by atoms with Crippen LogP contribution in [0, 0.1) is 0 Å². The minimum absolute atomic E-state index is 1.15. The van der Waals surface area contributed by atoms with E-state index < -0.39 is 0 Å². The number of rotatable bonds is 6. The van der Waals surface area contributed by atoms with Crippen LogP contribution in [0.4, 0.5) is 0 Å². The van der Waals surface area contributed by atoms with Crippen molar-refractivity contribution in [2.24, 2.45) is 0 Å². The van der Waals surface area contributed by atoms with E-state index in [1.54, 1.807) is 0 Å². The van der Waals surface area contributed by atoms with Crippen LogP contribution in [0.1, 0.15) is 0 Å². The monoisotopic (exact) mass is 762 g/mol. The van der Waals surface area contributed by atoms with E-state index in [0.29, 0.717) is 0 Å². The lowest BCUT2D eigenvalue weighted by molar-refractivity contribution is 1.18. The molecule has 0 aliphatic carbocycles. The van der Waals surface area contributed by atoms with Gasteiger partial charge in [-0.05, 0) is 116 Å². The van der Waals surface area contributed by atoms with E-state index in [0.717, 1.165) is 11.4 Å². The molecule has 0 unspecified atom stereocenters. The zero-order valence-electron chi connectivity index (χ0n) is 32.8. The molecule has 2 heteroatoms. The highest BCUT2D eigenvalue weighted by atomic mass is 15.0. The van der Waals surface area contributed by atoms with Gasteiger partial charge in [0.15, 0.2) is 0 Å². The third-order valence-corrected chi connectivity index (χ3v) is 12.3. The molecule has 0 saturated heterocycles. The summed E-state index contributed by atoms with van der Waals surface area (Å²) in [5, 5.41) is 7.48. The molecule has 12 rings (SSSR count). The van der Waals surface area contributed by atoms with E-state index in [9.17, 15) is 0 Å². The SMILES string of the molecule is c1ccc(-c2ccc(-n3c4ccccc4c4cc(-c5cccc6cccc(-c7ccc8c(c7)c7ccccc7n8-c7cccc(-c8ccccc8)c7)c56)ccc43)cc2)cc1. The summed E-state index contributed by atoms with van der Waals surface area (Å²) in [6.45, 7) is 0. The summed E-state index contributed by atoms with van der Waals surface area (Å²) in [7, 11) is 0. The van der Waals surface area contributed by atoms with E-state index in [-0.39, 0.29) is 0 Å². The predicted molar refractivity (Wildman–Crippen MR) is 254 cm³/mol. The first kappa shape index (κ1) is 34.1. The third kappa shape index (κ3) is 5.50. The number of aromatic nitrogens is 2. The van der Waals surface area contributed by atoms with Crippen LogP contribution in [0.2, 0.25) is 0 Å². The number of nitrogens with zero attached hydrogens (tertiary/aromatic N) is 2. The van der Waals surface area contributed by atoms with Gasteiger partial charge in [-0.3, -0.25) is 0 Å². The van der Waals surface area contributed by atoms with Crippen molar-refractivity contribution in [1.82, 2.24) is 9.13 Å². The Hall–Kier alpha value is -7.94. The van der Waals surface area contributed by atoms with E-state index in [4.69, 9.17) is 0 Å². The van der Waals surface area contributed by atoms with Crippen molar-refractivity contribution in [1.29, 1.82) is 0 Å². The molecular formula is C58H38N2. The molecule has 0 bridgehead atoms. The van der Waals surface area contributed by atoms with Gasteiger partial charge >= 0.3 is 0 Å². The van der Waals surface area contributed by atoms with Crippen LogP contribution < -0.4 is 0 Å². The van der Waals surface area contributed by atoms with E-state index in [1.807, 2.05) is 0 Å². The Morgan fingerprint density at radius 3 is 1.25 bits per heavy atom. The standard InChI is InChI=1S/C58H38N2/c1-3-14-39(15-4-1)41-28-32-46(33-29-41)59-54-26-9-7-22-50(54)52-37-44(30-34-56(52)59)48-24-12-18-42-19-13-25-49(58(42)48)45-31-35-57-53(38-45)51-23-8-10-27-55(51)60(57)47-21-11-20-43(36-47)40-16-5-2-6-17-40/h1-38H. The largest absolute Gasteiger partial charge is 0.309 e. The lowest BCUT2D eigenvalue weighted by Gasteiger charge is -2.14. The van der Waals surface area contributed by atoms with Crippen LogP contribution in [0.25, 0.3) is 110 Å². The van der Waals surface area contributed by atoms with Gasteiger partial charge in [0.1, 0.15) is 0 Å². The Labute approximate surface area is 348 Å². The van der Waals surface area contributed by atoms with Gasteiger partial charge in [-0.1, -0.05) is 170 Å².